The number of rotatable bonds is 5. The van der Waals surface area contributed by atoms with E-state index in [0.29, 0.717) is 12.2 Å². The lowest BCUT2D eigenvalue weighted by atomic mass is 9.78. The zero-order chi connectivity index (χ0) is 18.1. The summed E-state index contributed by atoms with van der Waals surface area (Å²) in [5.74, 6) is -0.0410. The molecule has 0 atom stereocenters. The molecule has 0 amide bonds. The van der Waals surface area contributed by atoms with E-state index in [2.05, 4.69) is 0 Å². The summed E-state index contributed by atoms with van der Waals surface area (Å²) in [7, 11) is -4.30. The van der Waals surface area contributed by atoms with Crippen molar-refractivity contribution in [2.45, 2.75) is 64.7 Å². The van der Waals surface area contributed by atoms with Crippen LogP contribution in [0.4, 0.5) is 0 Å². The van der Waals surface area contributed by atoms with Gasteiger partial charge in [0.05, 0.1) is 0 Å². The largest absolute Gasteiger partial charge is 0.507 e. The number of carbonyl (C=O) groups is 1. The molecule has 134 valence electrons. The number of carbonyl (C=O) groups excluding carboxylic acids is 1. The van der Waals surface area contributed by atoms with E-state index in [0.717, 1.165) is 47.9 Å². The summed E-state index contributed by atoms with van der Waals surface area (Å²) >= 11 is 0. The monoisotopic (exact) mass is 354 g/mol. The second kappa shape index (κ2) is 6.99. The van der Waals surface area contributed by atoms with E-state index >= 15 is 0 Å². The SMILES string of the molecule is CC(C)(C)c1cc(CCC(=O)CP(=O)(O)O)c2c(c1O)CCCC2. The lowest BCUT2D eigenvalue weighted by Gasteiger charge is -2.28. The van der Waals surface area contributed by atoms with Crippen LogP contribution >= 0.6 is 7.60 Å². The third-order valence-electron chi connectivity index (χ3n) is 4.58. The Morgan fingerprint density at radius 2 is 1.75 bits per heavy atom. The van der Waals surface area contributed by atoms with Crippen LogP contribution in [-0.4, -0.2) is 26.8 Å². The van der Waals surface area contributed by atoms with Gasteiger partial charge in [-0.3, -0.25) is 9.36 Å². The summed E-state index contributed by atoms with van der Waals surface area (Å²) < 4.78 is 11.0. The van der Waals surface area contributed by atoms with Gasteiger partial charge in [0.15, 0.2) is 0 Å². The fraction of sp³-hybridized carbons (Fsp3) is 0.611. The van der Waals surface area contributed by atoms with Crippen molar-refractivity contribution in [1.29, 1.82) is 0 Å². The highest BCUT2D eigenvalue weighted by atomic mass is 31.2. The highest BCUT2D eigenvalue weighted by Gasteiger charge is 2.26. The van der Waals surface area contributed by atoms with E-state index in [1.807, 2.05) is 26.8 Å². The molecule has 1 aromatic carbocycles. The van der Waals surface area contributed by atoms with Gasteiger partial charge in [0.2, 0.25) is 0 Å². The van der Waals surface area contributed by atoms with Crippen LogP contribution in [0.15, 0.2) is 6.07 Å². The maximum absolute atomic E-state index is 11.8. The predicted octanol–water partition coefficient (Wildman–Crippen LogP) is 3.25. The van der Waals surface area contributed by atoms with Crippen molar-refractivity contribution >= 4 is 13.4 Å². The molecule has 0 saturated heterocycles. The first kappa shape index (κ1) is 19.2. The second-order valence-electron chi connectivity index (χ2n) is 7.71. The van der Waals surface area contributed by atoms with Gasteiger partial charge in [-0.2, -0.15) is 0 Å². The van der Waals surface area contributed by atoms with Crippen LogP contribution in [0.25, 0.3) is 0 Å². The molecule has 0 saturated carbocycles. The highest BCUT2D eigenvalue weighted by Crippen LogP contribution is 2.40. The highest BCUT2D eigenvalue weighted by molar-refractivity contribution is 7.52. The molecule has 0 aliphatic heterocycles. The van der Waals surface area contributed by atoms with E-state index in [4.69, 9.17) is 9.79 Å². The molecule has 2 rings (SSSR count). The lowest BCUT2D eigenvalue weighted by molar-refractivity contribution is -0.116. The van der Waals surface area contributed by atoms with Crippen LogP contribution < -0.4 is 0 Å². The first-order chi connectivity index (χ1) is 11.0. The van der Waals surface area contributed by atoms with Gasteiger partial charge in [0.1, 0.15) is 17.7 Å². The maximum Gasteiger partial charge on any atom is 0.332 e. The molecule has 5 nitrogen and oxygen atoms in total. The molecule has 24 heavy (non-hydrogen) atoms. The number of hydrogen-bond acceptors (Lipinski definition) is 3. The van der Waals surface area contributed by atoms with E-state index in [1.54, 1.807) is 0 Å². The van der Waals surface area contributed by atoms with Crippen molar-refractivity contribution in [3.05, 3.63) is 28.3 Å². The van der Waals surface area contributed by atoms with Gasteiger partial charge in [-0.1, -0.05) is 26.8 Å². The molecule has 0 spiro atoms. The lowest BCUT2D eigenvalue weighted by Crippen LogP contribution is -2.17. The van der Waals surface area contributed by atoms with Crippen molar-refractivity contribution in [3.63, 3.8) is 0 Å². The molecule has 1 aliphatic carbocycles. The molecule has 1 aliphatic rings. The van der Waals surface area contributed by atoms with Gasteiger partial charge >= 0.3 is 7.60 Å². The second-order valence-corrected chi connectivity index (χ2v) is 9.35. The van der Waals surface area contributed by atoms with Crippen LogP contribution in [0.5, 0.6) is 5.75 Å². The molecular formula is C18H27O5P. The maximum atomic E-state index is 11.8. The van der Waals surface area contributed by atoms with Crippen molar-refractivity contribution in [2.75, 3.05) is 6.16 Å². The van der Waals surface area contributed by atoms with Crippen LogP contribution in [0.2, 0.25) is 0 Å². The summed E-state index contributed by atoms with van der Waals surface area (Å²) in [6.45, 7) is 6.12. The molecule has 6 heteroatoms. The Kier molecular flexibility index (Phi) is 5.58. The van der Waals surface area contributed by atoms with E-state index in [-0.39, 0.29) is 11.8 Å². The van der Waals surface area contributed by atoms with E-state index in [9.17, 15) is 14.5 Å². The predicted molar refractivity (Wildman–Crippen MR) is 93.7 cm³/mol. The molecular weight excluding hydrogens is 327 g/mol. The van der Waals surface area contributed by atoms with Crippen LogP contribution in [0.1, 0.15) is 62.3 Å². The molecule has 0 radical (unpaired) electrons. The summed E-state index contributed by atoms with van der Waals surface area (Å²) in [6.07, 6.45) is 3.72. The van der Waals surface area contributed by atoms with Gasteiger partial charge < -0.3 is 14.9 Å². The average Bonchev–Trinajstić information content (AvgIpc) is 2.43. The zero-order valence-electron chi connectivity index (χ0n) is 14.6. The minimum Gasteiger partial charge on any atom is -0.507 e. The Bertz CT molecular complexity index is 682. The number of phenolic OH excluding ortho intramolecular Hbond substituents is 1. The number of Topliss-reactive ketones (excluding diaryl/α,β-unsaturated/α-hetero) is 1. The fourth-order valence-electron chi connectivity index (χ4n) is 3.39. The Labute approximate surface area is 143 Å². The van der Waals surface area contributed by atoms with Crippen LogP contribution in [0, 0.1) is 0 Å². The van der Waals surface area contributed by atoms with Crippen LogP contribution in [-0.2, 0) is 34.0 Å². The van der Waals surface area contributed by atoms with Crippen molar-refractivity contribution in [1.82, 2.24) is 0 Å². The molecule has 0 fully saturated rings. The Hall–Kier alpha value is -1.16. The summed E-state index contributed by atoms with van der Waals surface area (Å²) in [4.78, 5) is 29.7. The van der Waals surface area contributed by atoms with Crippen molar-refractivity contribution in [3.8, 4) is 5.75 Å². The number of fused-ring (bicyclic) bond motifs is 1. The normalized spacial score (nSPS) is 15.2. The molecule has 0 unspecified atom stereocenters. The Morgan fingerprint density at radius 3 is 2.29 bits per heavy atom. The molecule has 0 aromatic heterocycles. The molecule has 0 heterocycles. The quantitative estimate of drug-likeness (QED) is 0.706. The number of benzene rings is 1. The fourth-order valence-corrected chi connectivity index (χ4v) is 4.01. The number of phenols is 1. The van der Waals surface area contributed by atoms with Gasteiger partial charge in [-0.15, -0.1) is 0 Å². The topological polar surface area (TPSA) is 94.8 Å². The first-order valence-corrected chi connectivity index (χ1v) is 10.2. The third-order valence-corrected chi connectivity index (χ3v) is 5.34. The summed E-state index contributed by atoms with van der Waals surface area (Å²) in [5.41, 5.74) is 3.82. The standard InChI is InChI=1S/C18H27O5P/c1-18(2,3)16-10-12(8-9-13(19)11-24(21,22)23)14-6-4-5-7-15(14)17(16)20/h10,20H,4-9,11H2,1-3H3,(H2,21,22,23). The Balaban J connectivity index is 2.32. The van der Waals surface area contributed by atoms with Crippen molar-refractivity contribution in [2.24, 2.45) is 0 Å². The van der Waals surface area contributed by atoms with E-state index in [1.165, 1.54) is 0 Å². The average molecular weight is 354 g/mol. The summed E-state index contributed by atoms with van der Waals surface area (Å²) in [5, 5.41) is 10.7. The van der Waals surface area contributed by atoms with E-state index < -0.39 is 19.5 Å². The number of aryl methyl sites for hydroxylation is 1. The van der Waals surface area contributed by atoms with Crippen molar-refractivity contribution < 1.29 is 24.3 Å². The first-order valence-electron chi connectivity index (χ1n) is 8.42. The molecule has 1 aromatic rings. The number of ketones is 1. The molecule has 3 N–H and O–H groups in total. The van der Waals surface area contributed by atoms with Gasteiger partial charge in [0, 0.05) is 6.42 Å². The Morgan fingerprint density at radius 1 is 1.17 bits per heavy atom. The van der Waals surface area contributed by atoms with Crippen LogP contribution in [0.3, 0.4) is 0 Å². The number of aromatic hydroxyl groups is 1. The number of hydrogen-bond donors (Lipinski definition) is 3. The minimum atomic E-state index is -4.30. The van der Waals surface area contributed by atoms with Gasteiger partial charge in [-0.25, -0.2) is 0 Å². The minimum absolute atomic E-state index is 0.117. The third kappa shape index (κ3) is 4.69. The summed E-state index contributed by atoms with van der Waals surface area (Å²) in [6, 6.07) is 1.98. The smallest absolute Gasteiger partial charge is 0.332 e. The van der Waals surface area contributed by atoms with Gasteiger partial charge in [0.25, 0.3) is 0 Å². The zero-order valence-corrected chi connectivity index (χ0v) is 15.5. The molecule has 0 bridgehead atoms. The van der Waals surface area contributed by atoms with Gasteiger partial charge in [-0.05, 0) is 59.8 Å².